The molecule has 24 heavy (non-hydrogen) atoms. The highest BCUT2D eigenvalue weighted by Gasteiger charge is 2.34. The summed E-state index contributed by atoms with van der Waals surface area (Å²) in [7, 11) is 0. The van der Waals surface area contributed by atoms with E-state index < -0.39 is 23.8 Å². The summed E-state index contributed by atoms with van der Waals surface area (Å²) in [5.74, 6) is -2.91. The van der Waals surface area contributed by atoms with Gasteiger partial charge in [0, 0.05) is 0 Å². The van der Waals surface area contributed by atoms with E-state index in [1.165, 1.54) is 0 Å². The van der Waals surface area contributed by atoms with Crippen LogP contribution in [0.4, 0.5) is 0 Å². The predicted molar refractivity (Wildman–Crippen MR) is 93.7 cm³/mol. The van der Waals surface area contributed by atoms with Crippen molar-refractivity contribution in [1.82, 2.24) is 0 Å². The molecule has 0 spiro atoms. The summed E-state index contributed by atoms with van der Waals surface area (Å²) in [6.45, 7) is 8.69. The molecular formula is C18H34NO5+. The molecule has 140 valence electrons. The minimum absolute atomic E-state index is 0.0743. The molecule has 6 nitrogen and oxygen atoms in total. The second kappa shape index (κ2) is 12.0. The zero-order chi connectivity index (χ0) is 18.6. The molecule has 2 unspecified atom stereocenters. The van der Waals surface area contributed by atoms with Gasteiger partial charge in [0.1, 0.15) is 18.4 Å². The Bertz CT molecular complexity index is 375. The summed E-state index contributed by atoms with van der Waals surface area (Å²) in [5, 5.41) is 27.9. The van der Waals surface area contributed by atoms with E-state index >= 15 is 0 Å². The third-order valence-electron chi connectivity index (χ3n) is 4.53. The average molecular weight is 344 g/mol. The topological polar surface area (TPSA) is 94.8 Å². The zero-order valence-electron chi connectivity index (χ0n) is 15.1. The van der Waals surface area contributed by atoms with E-state index in [2.05, 4.69) is 6.58 Å². The van der Waals surface area contributed by atoms with Crippen LogP contribution in [0.2, 0.25) is 0 Å². The van der Waals surface area contributed by atoms with E-state index in [0.29, 0.717) is 30.7 Å². The first-order valence-corrected chi connectivity index (χ1v) is 8.80. The number of aliphatic hydroxyl groups is 1. The molecule has 0 aliphatic carbocycles. The summed E-state index contributed by atoms with van der Waals surface area (Å²) in [6.07, 6.45) is 6.96. The SMILES string of the molecule is C=CCCCCCC[N+](CCO)(CC(C)C(=O)O)CC(C)C(=O)O. The van der Waals surface area contributed by atoms with Crippen molar-refractivity contribution in [2.75, 3.05) is 32.8 Å². The third-order valence-corrected chi connectivity index (χ3v) is 4.53. The van der Waals surface area contributed by atoms with Crippen molar-refractivity contribution in [2.24, 2.45) is 11.8 Å². The van der Waals surface area contributed by atoms with Crippen LogP contribution in [0, 0.1) is 11.8 Å². The lowest BCUT2D eigenvalue weighted by molar-refractivity contribution is -0.932. The minimum Gasteiger partial charge on any atom is -0.481 e. The number of quaternary nitrogens is 1. The van der Waals surface area contributed by atoms with Gasteiger partial charge in [0.2, 0.25) is 0 Å². The van der Waals surface area contributed by atoms with Crippen molar-refractivity contribution < 1.29 is 29.4 Å². The van der Waals surface area contributed by atoms with Gasteiger partial charge >= 0.3 is 11.9 Å². The predicted octanol–water partition coefficient (Wildman–Crippen LogP) is 2.37. The number of carboxylic acid groups (broad SMARTS) is 2. The second-order valence-corrected chi connectivity index (χ2v) is 6.85. The molecule has 0 heterocycles. The van der Waals surface area contributed by atoms with Gasteiger partial charge in [-0.25, -0.2) is 0 Å². The number of hydrogen-bond acceptors (Lipinski definition) is 3. The number of aliphatic carboxylic acids is 2. The molecular weight excluding hydrogens is 310 g/mol. The number of unbranched alkanes of at least 4 members (excludes halogenated alkanes) is 4. The molecule has 0 aliphatic rings. The van der Waals surface area contributed by atoms with Crippen LogP contribution >= 0.6 is 0 Å². The fourth-order valence-corrected chi connectivity index (χ4v) is 3.17. The quantitative estimate of drug-likeness (QED) is 0.241. The van der Waals surface area contributed by atoms with Gasteiger partial charge in [-0.1, -0.05) is 12.5 Å². The highest BCUT2D eigenvalue weighted by Crippen LogP contribution is 2.19. The van der Waals surface area contributed by atoms with Crippen LogP contribution in [0.5, 0.6) is 0 Å². The van der Waals surface area contributed by atoms with Gasteiger partial charge < -0.3 is 19.8 Å². The highest BCUT2D eigenvalue weighted by molar-refractivity contribution is 5.70. The molecule has 0 saturated heterocycles. The molecule has 0 bridgehead atoms. The molecule has 0 aromatic carbocycles. The van der Waals surface area contributed by atoms with Crippen LogP contribution in [0.1, 0.15) is 46.0 Å². The maximum absolute atomic E-state index is 11.3. The lowest BCUT2D eigenvalue weighted by Gasteiger charge is -2.40. The van der Waals surface area contributed by atoms with Crippen molar-refractivity contribution in [3.8, 4) is 0 Å². The van der Waals surface area contributed by atoms with Gasteiger partial charge in [-0.2, -0.15) is 0 Å². The number of rotatable bonds is 15. The molecule has 0 radical (unpaired) electrons. The molecule has 0 amide bonds. The van der Waals surface area contributed by atoms with E-state index in [1.807, 2.05) is 6.08 Å². The molecule has 3 N–H and O–H groups in total. The molecule has 2 atom stereocenters. The smallest absolute Gasteiger partial charge is 0.311 e. The third kappa shape index (κ3) is 9.03. The molecule has 6 heteroatoms. The van der Waals surface area contributed by atoms with E-state index in [0.717, 1.165) is 32.1 Å². The zero-order valence-corrected chi connectivity index (χ0v) is 15.1. The van der Waals surface area contributed by atoms with Crippen molar-refractivity contribution in [1.29, 1.82) is 0 Å². The first-order valence-electron chi connectivity index (χ1n) is 8.80. The Balaban J connectivity index is 4.93. The summed E-state index contributed by atoms with van der Waals surface area (Å²) in [4.78, 5) is 22.5. The second-order valence-electron chi connectivity index (χ2n) is 6.85. The first-order chi connectivity index (χ1) is 11.3. The maximum atomic E-state index is 11.3. The highest BCUT2D eigenvalue weighted by atomic mass is 16.4. The van der Waals surface area contributed by atoms with E-state index in [1.54, 1.807) is 13.8 Å². The first kappa shape index (κ1) is 22.6. The van der Waals surface area contributed by atoms with E-state index in [4.69, 9.17) is 0 Å². The van der Waals surface area contributed by atoms with Gasteiger partial charge in [0.15, 0.2) is 0 Å². The van der Waals surface area contributed by atoms with Crippen molar-refractivity contribution in [3.05, 3.63) is 12.7 Å². The van der Waals surface area contributed by atoms with Gasteiger partial charge in [-0.3, -0.25) is 9.59 Å². The monoisotopic (exact) mass is 344 g/mol. The summed E-state index contributed by atoms with van der Waals surface area (Å²) in [5.41, 5.74) is 0. The molecule has 0 aromatic heterocycles. The molecule has 0 rings (SSSR count). The Hall–Kier alpha value is -1.40. The minimum atomic E-state index is -0.885. The summed E-state index contributed by atoms with van der Waals surface area (Å²) >= 11 is 0. The fraction of sp³-hybridized carbons (Fsp3) is 0.778. The van der Waals surface area contributed by atoms with E-state index in [9.17, 15) is 24.9 Å². The number of aliphatic hydroxyl groups excluding tert-OH is 1. The largest absolute Gasteiger partial charge is 0.481 e. The van der Waals surface area contributed by atoms with Crippen LogP contribution in [0.25, 0.3) is 0 Å². The number of carbonyl (C=O) groups is 2. The summed E-state index contributed by atoms with van der Waals surface area (Å²) in [6, 6.07) is 0. The van der Waals surface area contributed by atoms with Gasteiger partial charge in [-0.15, -0.1) is 6.58 Å². The lowest BCUT2D eigenvalue weighted by Crippen LogP contribution is -2.56. The Labute approximate surface area is 145 Å². The molecule has 0 aromatic rings. The molecule has 0 aliphatic heterocycles. The van der Waals surface area contributed by atoms with Crippen LogP contribution in [0.3, 0.4) is 0 Å². The number of nitrogens with zero attached hydrogens (tertiary/aromatic N) is 1. The fourth-order valence-electron chi connectivity index (χ4n) is 3.17. The van der Waals surface area contributed by atoms with Crippen molar-refractivity contribution in [2.45, 2.75) is 46.0 Å². The van der Waals surface area contributed by atoms with Crippen LogP contribution < -0.4 is 0 Å². The number of carboxylic acids is 2. The molecule has 0 fully saturated rings. The molecule has 0 saturated carbocycles. The Morgan fingerprint density at radius 1 is 0.958 bits per heavy atom. The normalized spacial score (nSPS) is 16.1. The average Bonchev–Trinajstić information content (AvgIpc) is 2.50. The van der Waals surface area contributed by atoms with E-state index in [-0.39, 0.29) is 6.61 Å². The Morgan fingerprint density at radius 2 is 1.46 bits per heavy atom. The van der Waals surface area contributed by atoms with Gasteiger partial charge in [0.25, 0.3) is 0 Å². The standard InChI is InChI=1S/C18H33NO5/c1-4-5-6-7-8-9-10-19(11-12-20,13-15(2)17(21)22)14-16(3)18(23)24/h4,15-16,20H,1,5-14H2,2-3H3,(H-,21,22,23,24)/p+1. The van der Waals surface area contributed by atoms with Crippen molar-refractivity contribution in [3.63, 3.8) is 0 Å². The lowest BCUT2D eigenvalue weighted by atomic mass is 10.0. The van der Waals surface area contributed by atoms with Gasteiger partial charge in [0.05, 0.1) is 26.2 Å². The summed E-state index contributed by atoms with van der Waals surface area (Å²) < 4.78 is 0.346. The number of hydrogen-bond donors (Lipinski definition) is 3. The van der Waals surface area contributed by atoms with Gasteiger partial charge in [-0.05, 0) is 39.5 Å². The Morgan fingerprint density at radius 3 is 1.88 bits per heavy atom. The maximum Gasteiger partial charge on any atom is 0.311 e. The van der Waals surface area contributed by atoms with Crippen molar-refractivity contribution >= 4 is 11.9 Å². The van der Waals surface area contributed by atoms with Crippen LogP contribution in [0.15, 0.2) is 12.7 Å². The number of allylic oxidation sites excluding steroid dienone is 1. The van der Waals surface area contributed by atoms with Crippen LogP contribution in [-0.2, 0) is 9.59 Å². The Kier molecular flexibility index (Phi) is 11.3. The van der Waals surface area contributed by atoms with Crippen LogP contribution in [-0.4, -0.2) is 64.5 Å².